The quantitative estimate of drug-likeness (QED) is 0.240. The lowest BCUT2D eigenvalue weighted by Gasteiger charge is -2.54. The second-order valence-corrected chi connectivity index (χ2v) is 14.3. The van der Waals surface area contributed by atoms with Gasteiger partial charge in [0.2, 0.25) is 5.16 Å². The first kappa shape index (κ1) is 29.6. The van der Waals surface area contributed by atoms with Gasteiger partial charge >= 0.3 is 5.97 Å². The van der Waals surface area contributed by atoms with E-state index in [9.17, 15) is 22.8 Å². The monoisotopic (exact) mass is 589 g/mol. The van der Waals surface area contributed by atoms with Gasteiger partial charge in [0.05, 0.1) is 11.3 Å². The molecule has 12 nitrogen and oxygen atoms in total. The van der Waals surface area contributed by atoms with E-state index >= 15 is 0 Å². The fraction of sp³-hybridized carbons (Fsp3) is 0.462. The molecule has 214 valence electrons. The number of amides is 1. The molecule has 1 aromatic carbocycles. The highest BCUT2D eigenvalue weighted by atomic mass is 32.3. The Morgan fingerprint density at radius 3 is 2.40 bits per heavy atom. The van der Waals surface area contributed by atoms with E-state index < -0.39 is 42.7 Å². The number of fused-ring (bicyclic) bond motifs is 1. The molecule has 1 aromatic heterocycles. The maximum atomic E-state index is 14.6. The molecular formula is C26H31N5O7S2. The van der Waals surface area contributed by atoms with Gasteiger partial charge in [0, 0.05) is 26.0 Å². The molecule has 2 aliphatic rings. The van der Waals surface area contributed by atoms with Gasteiger partial charge < -0.3 is 9.47 Å². The average Bonchev–Trinajstić information content (AvgIpc) is 3.30. The van der Waals surface area contributed by atoms with Gasteiger partial charge in [0.15, 0.2) is 31.2 Å². The predicted octanol–water partition coefficient (Wildman–Crippen LogP) is 2.08. The Balaban J connectivity index is 1.93. The number of β-lactam (4-membered cyclic amide) rings is 1. The molecule has 0 N–H and O–H groups in total. The lowest BCUT2D eigenvalue weighted by atomic mass is 9.84. The van der Waals surface area contributed by atoms with Crippen LogP contribution in [-0.4, -0.2) is 80.5 Å². The second kappa shape index (κ2) is 10.6. The Morgan fingerprint density at radius 1 is 1.23 bits per heavy atom. The van der Waals surface area contributed by atoms with Crippen LogP contribution in [0.15, 0.2) is 53.3 Å². The molecule has 2 aliphatic heterocycles. The molecule has 0 radical (unpaired) electrons. The standard InChI is InChI=1S/C26H31N5O7S2/c1-8-13-38-23(34)17-11-9-16(10-12-17)14-26(39-24-27-28-29-30(24)6)15(2)18(20(32)25(3,4)5)31-21(33)19(37-7)22(31)40(26,35)36/h8-12,19,22H,1,13-14H2,2-7H3/t19-,22-,26?/m0/s1. The van der Waals surface area contributed by atoms with Crippen molar-refractivity contribution in [2.24, 2.45) is 12.5 Å². The molecule has 1 amide bonds. The van der Waals surface area contributed by atoms with Gasteiger partial charge in [-0.2, -0.15) is 0 Å². The van der Waals surface area contributed by atoms with Crippen molar-refractivity contribution in [3.63, 3.8) is 0 Å². The van der Waals surface area contributed by atoms with E-state index in [1.807, 2.05) is 0 Å². The highest BCUT2D eigenvalue weighted by Gasteiger charge is 2.68. The zero-order chi connectivity index (χ0) is 29.6. The van der Waals surface area contributed by atoms with Crippen molar-refractivity contribution >= 4 is 39.3 Å². The minimum absolute atomic E-state index is 0.0258. The number of tetrazole rings is 1. The molecule has 0 saturated carbocycles. The molecule has 0 aliphatic carbocycles. The third-order valence-corrected chi connectivity index (χ3v) is 11.6. The molecule has 2 aromatic rings. The SMILES string of the molecule is C=CCOC(=O)c1ccc(CC2(Sc3nnnn3C)C(C)=C(C(=O)C(C)(C)C)N3C(=O)[C@H](OC)[C@@H]3S2(=O)=O)cc1. The number of carbonyl (C=O) groups excluding carboxylic acids is 3. The number of nitrogens with zero attached hydrogens (tertiary/aromatic N) is 5. The van der Waals surface area contributed by atoms with Crippen LogP contribution in [0.4, 0.5) is 0 Å². The lowest BCUT2D eigenvalue weighted by Crippen LogP contribution is -2.74. The summed E-state index contributed by atoms with van der Waals surface area (Å²) in [5.74, 6) is -1.52. The van der Waals surface area contributed by atoms with Crippen LogP contribution < -0.4 is 0 Å². The smallest absolute Gasteiger partial charge is 0.338 e. The number of carbonyl (C=O) groups is 3. The molecule has 4 rings (SSSR count). The molecule has 1 fully saturated rings. The summed E-state index contributed by atoms with van der Waals surface area (Å²) in [6, 6.07) is 6.33. The van der Waals surface area contributed by atoms with Crippen molar-refractivity contribution in [3.8, 4) is 0 Å². The van der Waals surface area contributed by atoms with E-state index in [2.05, 4.69) is 22.1 Å². The van der Waals surface area contributed by atoms with Gasteiger partial charge in [0.1, 0.15) is 6.61 Å². The van der Waals surface area contributed by atoms with Crippen molar-refractivity contribution in [1.29, 1.82) is 0 Å². The Bertz CT molecular complexity index is 1510. The molecule has 1 saturated heterocycles. The number of ketones is 1. The number of sulfone groups is 1. The average molecular weight is 590 g/mol. The van der Waals surface area contributed by atoms with Crippen LogP contribution in [0.25, 0.3) is 0 Å². The molecule has 40 heavy (non-hydrogen) atoms. The number of methoxy groups -OCH3 is 1. The number of benzene rings is 1. The summed E-state index contributed by atoms with van der Waals surface area (Å²) >= 11 is 0.895. The van der Waals surface area contributed by atoms with Gasteiger partial charge in [-0.25, -0.2) is 17.9 Å². The van der Waals surface area contributed by atoms with E-state index in [-0.39, 0.29) is 40.8 Å². The van der Waals surface area contributed by atoms with Gasteiger partial charge in [-0.1, -0.05) is 57.3 Å². The topological polar surface area (TPSA) is 151 Å². The van der Waals surface area contributed by atoms with Gasteiger partial charge in [0.25, 0.3) is 5.91 Å². The van der Waals surface area contributed by atoms with Crippen LogP contribution in [0, 0.1) is 5.41 Å². The first-order valence-corrected chi connectivity index (χ1v) is 14.7. The number of Topliss-reactive ketones (excluding diaryl/α,β-unsaturated/α-hetero) is 1. The van der Waals surface area contributed by atoms with Crippen molar-refractivity contribution in [2.75, 3.05) is 13.7 Å². The van der Waals surface area contributed by atoms with Crippen LogP contribution in [0.1, 0.15) is 43.6 Å². The summed E-state index contributed by atoms with van der Waals surface area (Å²) in [7, 11) is -1.45. The first-order chi connectivity index (χ1) is 18.7. The fourth-order valence-corrected chi connectivity index (χ4v) is 9.04. The number of rotatable bonds is 9. The van der Waals surface area contributed by atoms with Gasteiger partial charge in [-0.3, -0.25) is 14.5 Å². The molecule has 3 atom stereocenters. The van der Waals surface area contributed by atoms with E-state index in [0.717, 1.165) is 16.7 Å². The van der Waals surface area contributed by atoms with Crippen LogP contribution >= 0.6 is 11.8 Å². The number of aryl methyl sites for hydroxylation is 1. The minimum atomic E-state index is -4.29. The van der Waals surface area contributed by atoms with E-state index in [1.165, 1.54) is 30.0 Å². The molecule has 0 spiro atoms. The van der Waals surface area contributed by atoms with Crippen LogP contribution in [0.2, 0.25) is 0 Å². The molecule has 14 heteroatoms. The third-order valence-electron chi connectivity index (χ3n) is 6.89. The highest BCUT2D eigenvalue weighted by Crippen LogP contribution is 2.55. The summed E-state index contributed by atoms with van der Waals surface area (Å²) in [6.45, 7) is 10.2. The number of aromatic nitrogens is 4. The van der Waals surface area contributed by atoms with Gasteiger partial charge in [-0.15, -0.1) is 5.10 Å². The lowest BCUT2D eigenvalue weighted by molar-refractivity contribution is -0.161. The number of allylic oxidation sites excluding steroid dienone is 1. The normalized spacial score (nSPS) is 23.9. The van der Waals surface area contributed by atoms with E-state index in [1.54, 1.807) is 46.9 Å². The van der Waals surface area contributed by atoms with Crippen molar-refractivity contribution in [1.82, 2.24) is 25.1 Å². The Kier molecular flexibility index (Phi) is 7.82. The molecule has 1 unspecified atom stereocenters. The molecule has 3 heterocycles. The zero-order valence-corrected chi connectivity index (χ0v) is 24.7. The van der Waals surface area contributed by atoms with Gasteiger partial charge in [-0.05, 0) is 40.6 Å². The second-order valence-electron chi connectivity index (χ2n) is 10.6. The summed E-state index contributed by atoms with van der Waals surface area (Å²) in [5.41, 5.74) is 0.132. The highest BCUT2D eigenvalue weighted by molar-refractivity contribution is 8.15. The van der Waals surface area contributed by atoms with Crippen LogP contribution in [0.3, 0.4) is 0 Å². The Morgan fingerprint density at radius 2 is 1.88 bits per heavy atom. The van der Waals surface area contributed by atoms with Crippen molar-refractivity contribution in [2.45, 2.75) is 54.8 Å². The number of hydrogen-bond acceptors (Lipinski definition) is 11. The van der Waals surface area contributed by atoms with Crippen LogP contribution in [0.5, 0.6) is 0 Å². The first-order valence-electron chi connectivity index (χ1n) is 12.3. The number of ether oxygens (including phenoxy) is 2. The summed E-state index contributed by atoms with van der Waals surface area (Å²) in [6.07, 6.45) is 0.0624. The fourth-order valence-electron chi connectivity index (χ4n) is 4.70. The maximum Gasteiger partial charge on any atom is 0.338 e. The predicted molar refractivity (Wildman–Crippen MR) is 146 cm³/mol. The summed E-state index contributed by atoms with van der Waals surface area (Å²) in [5, 5.41) is 10.3. The minimum Gasteiger partial charge on any atom is -0.458 e. The number of esters is 1. The van der Waals surface area contributed by atoms with Crippen molar-refractivity contribution in [3.05, 3.63) is 59.3 Å². The molecule has 0 bridgehead atoms. The Hall–Kier alpha value is -3.36. The number of hydrogen-bond donors (Lipinski definition) is 0. The maximum absolute atomic E-state index is 14.6. The summed E-state index contributed by atoms with van der Waals surface area (Å²) in [4.78, 5) is 40.2. The number of thioether (sulfide) groups is 1. The molecular weight excluding hydrogens is 558 g/mol. The van der Waals surface area contributed by atoms with Crippen molar-refractivity contribution < 1.29 is 32.3 Å². The van der Waals surface area contributed by atoms with E-state index in [0.29, 0.717) is 5.56 Å². The summed E-state index contributed by atoms with van der Waals surface area (Å²) < 4.78 is 39.1. The zero-order valence-electron chi connectivity index (χ0n) is 23.1. The largest absolute Gasteiger partial charge is 0.458 e. The van der Waals surface area contributed by atoms with E-state index in [4.69, 9.17) is 9.47 Å². The van der Waals surface area contributed by atoms with Crippen LogP contribution in [-0.2, 0) is 42.4 Å². The Labute approximate surface area is 236 Å². The third kappa shape index (κ3) is 4.67.